The minimum absolute atomic E-state index is 0.0152. The van der Waals surface area contributed by atoms with E-state index in [0.717, 1.165) is 15.4 Å². The number of sulfonamides is 1. The van der Waals surface area contributed by atoms with Crippen molar-refractivity contribution in [1.82, 2.24) is 10.2 Å². The summed E-state index contributed by atoms with van der Waals surface area (Å²) in [5.74, 6) is -1.44. The molecule has 8 nitrogen and oxygen atoms in total. The number of methoxy groups -OCH3 is 1. The normalized spacial score (nSPS) is 12.4. The van der Waals surface area contributed by atoms with E-state index in [1.165, 1.54) is 49.3 Å². The molecule has 1 atom stereocenters. The molecule has 0 fully saturated rings. The Labute approximate surface area is 242 Å². The van der Waals surface area contributed by atoms with Crippen LogP contribution in [0.25, 0.3) is 0 Å². The van der Waals surface area contributed by atoms with Gasteiger partial charge < -0.3 is 15.0 Å². The van der Waals surface area contributed by atoms with Crippen LogP contribution in [0, 0.1) is 19.7 Å². The van der Waals surface area contributed by atoms with Crippen LogP contribution in [0.1, 0.15) is 44.4 Å². The Morgan fingerprint density at radius 3 is 2.17 bits per heavy atom. The summed E-state index contributed by atoms with van der Waals surface area (Å²) in [6.07, 6.45) is 0. The molecular weight excluding hydrogens is 545 g/mol. The maximum absolute atomic E-state index is 14.7. The van der Waals surface area contributed by atoms with Gasteiger partial charge in [-0.15, -0.1) is 0 Å². The minimum atomic E-state index is -4.27. The van der Waals surface area contributed by atoms with Crippen LogP contribution in [0.3, 0.4) is 0 Å². The number of amides is 2. The van der Waals surface area contributed by atoms with Crippen LogP contribution in [0.4, 0.5) is 10.1 Å². The number of benzene rings is 3. The summed E-state index contributed by atoms with van der Waals surface area (Å²) in [6, 6.07) is 16.2. The molecule has 0 aromatic heterocycles. The van der Waals surface area contributed by atoms with Crippen molar-refractivity contribution in [2.24, 2.45) is 0 Å². The maximum atomic E-state index is 14.7. The van der Waals surface area contributed by atoms with Gasteiger partial charge in [0.15, 0.2) is 0 Å². The molecule has 2 amide bonds. The molecule has 0 aliphatic rings. The van der Waals surface area contributed by atoms with E-state index in [-0.39, 0.29) is 28.4 Å². The SMILES string of the molecule is COc1ccc(C)cc1N(CC(=O)N(Cc1ccccc1F)[C@H](C)C(=O)NC(C)(C)C)S(=O)(=O)c1ccc(C)cc1. The van der Waals surface area contributed by atoms with Gasteiger partial charge in [0.2, 0.25) is 11.8 Å². The zero-order valence-electron chi connectivity index (χ0n) is 24.6. The van der Waals surface area contributed by atoms with Crippen molar-refractivity contribution >= 4 is 27.5 Å². The third-order valence-corrected chi connectivity index (χ3v) is 8.23. The van der Waals surface area contributed by atoms with Crippen LogP contribution in [-0.4, -0.2) is 50.4 Å². The van der Waals surface area contributed by atoms with Gasteiger partial charge in [0.05, 0.1) is 17.7 Å². The standard InChI is InChI=1S/C31H38FN3O5S/c1-21-12-15-25(16-13-21)41(38,39)35(27-18-22(2)14-17-28(27)40-7)20-29(36)34(19-24-10-8-9-11-26(24)32)23(3)30(37)33-31(4,5)6/h8-18,23H,19-20H2,1-7H3,(H,33,37)/t23-/m1/s1. The second kappa shape index (κ2) is 12.7. The van der Waals surface area contributed by atoms with Crippen molar-refractivity contribution in [3.05, 3.63) is 89.2 Å². The van der Waals surface area contributed by atoms with Crippen LogP contribution >= 0.6 is 0 Å². The topological polar surface area (TPSA) is 96.0 Å². The molecule has 0 spiro atoms. The van der Waals surface area contributed by atoms with E-state index in [2.05, 4.69) is 5.32 Å². The molecule has 0 saturated carbocycles. The third-order valence-electron chi connectivity index (χ3n) is 6.45. The molecule has 41 heavy (non-hydrogen) atoms. The molecule has 0 heterocycles. The Morgan fingerprint density at radius 2 is 1.59 bits per heavy atom. The van der Waals surface area contributed by atoms with Crippen LogP contribution in [-0.2, 0) is 26.2 Å². The van der Waals surface area contributed by atoms with E-state index in [1.54, 1.807) is 64.1 Å². The lowest BCUT2D eigenvalue weighted by Gasteiger charge is -2.34. The van der Waals surface area contributed by atoms with Gasteiger partial charge in [-0.25, -0.2) is 12.8 Å². The number of ether oxygens (including phenoxy) is 1. The maximum Gasteiger partial charge on any atom is 0.264 e. The van der Waals surface area contributed by atoms with E-state index in [0.29, 0.717) is 0 Å². The summed E-state index contributed by atoms with van der Waals surface area (Å²) in [7, 11) is -2.86. The first-order valence-electron chi connectivity index (χ1n) is 13.2. The number of nitrogens with zero attached hydrogens (tertiary/aromatic N) is 2. The fourth-order valence-electron chi connectivity index (χ4n) is 4.21. The average molecular weight is 584 g/mol. The monoisotopic (exact) mass is 583 g/mol. The molecule has 3 aromatic rings. The Hall–Kier alpha value is -3.92. The molecule has 220 valence electrons. The number of carbonyl (C=O) groups excluding carboxylic acids is 2. The first-order valence-corrected chi connectivity index (χ1v) is 14.7. The lowest BCUT2D eigenvalue weighted by molar-refractivity contribution is -0.140. The highest BCUT2D eigenvalue weighted by Gasteiger charge is 2.34. The van der Waals surface area contributed by atoms with Crippen LogP contribution < -0.4 is 14.4 Å². The van der Waals surface area contributed by atoms with Gasteiger partial charge in [-0.3, -0.25) is 13.9 Å². The highest BCUT2D eigenvalue weighted by molar-refractivity contribution is 7.92. The van der Waals surface area contributed by atoms with E-state index in [1.807, 2.05) is 6.92 Å². The summed E-state index contributed by atoms with van der Waals surface area (Å²) < 4.78 is 49.3. The first-order chi connectivity index (χ1) is 19.1. The number of hydrogen-bond acceptors (Lipinski definition) is 5. The Bertz CT molecular complexity index is 1500. The fraction of sp³-hybridized carbons (Fsp3) is 0.355. The predicted octanol–water partition coefficient (Wildman–Crippen LogP) is 4.98. The lowest BCUT2D eigenvalue weighted by Crippen LogP contribution is -2.54. The Morgan fingerprint density at radius 1 is 0.976 bits per heavy atom. The number of halogens is 1. The number of rotatable bonds is 10. The zero-order chi connectivity index (χ0) is 30.5. The molecule has 0 aliphatic heterocycles. The number of nitrogens with one attached hydrogen (secondary N) is 1. The van der Waals surface area contributed by atoms with Gasteiger partial charge in [0.25, 0.3) is 10.0 Å². The third kappa shape index (κ3) is 7.85. The van der Waals surface area contributed by atoms with Crippen molar-refractivity contribution in [1.29, 1.82) is 0 Å². The molecule has 3 rings (SSSR count). The summed E-state index contributed by atoms with van der Waals surface area (Å²) in [5, 5.41) is 2.85. The van der Waals surface area contributed by atoms with Crippen molar-refractivity contribution in [3.63, 3.8) is 0 Å². The molecular formula is C31H38FN3O5S. The van der Waals surface area contributed by atoms with Gasteiger partial charge in [0.1, 0.15) is 24.2 Å². The molecule has 0 bridgehead atoms. The predicted molar refractivity (Wildman–Crippen MR) is 158 cm³/mol. The van der Waals surface area contributed by atoms with Gasteiger partial charge in [-0.1, -0.05) is 42.0 Å². The minimum Gasteiger partial charge on any atom is -0.495 e. The quantitative estimate of drug-likeness (QED) is 0.363. The summed E-state index contributed by atoms with van der Waals surface area (Å²) in [5.41, 5.74) is 1.39. The summed E-state index contributed by atoms with van der Waals surface area (Å²) >= 11 is 0. The van der Waals surface area contributed by atoms with E-state index < -0.39 is 45.8 Å². The van der Waals surface area contributed by atoms with Gasteiger partial charge >= 0.3 is 0 Å². The molecule has 0 saturated heterocycles. The van der Waals surface area contributed by atoms with Gasteiger partial charge in [0, 0.05) is 17.6 Å². The number of carbonyl (C=O) groups is 2. The lowest BCUT2D eigenvalue weighted by atomic mass is 10.1. The molecule has 3 aromatic carbocycles. The number of hydrogen-bond donors (Lipinski definition) is 1. The Balaban J connectivity index is 2.12. The van der Waals surface area contributed by atoms with Gasteiger partial charge in [-0.05, 0) is 77.4 Å². The summed E-state index contributed by atoms with van der Waals surface area (Å²) in [6.45, 7) is 9.69. The smallest absolute Gasteiger partial charge is 0.264 e. The fourth-order valence-corrected chi connectivity index (χ4v) is 5.63. The van der Waals surface area contributed by atoms with Crippen molar-refractivity contribution < 1.29 is 27.1 Å². The highest BCUT2D eigenvalue weighted by Crippen LogP contribution is 2.34. The second-order valence-electron chi connectivity index (χ2n) is 11.0. The van der Waals surface area contributed by atoms with Crippen molar-refractivity contribution in [3.8, 4) is 5.75 Å². The van der Waals surface area contributed by atoms with Crippen LogP contribution in [0.2, 0.25) is 0 Å². The van der Waals surface area contributed by atoms with E-state index in [4.69, 9.17) is 4.74 Å². The number of aryl methyl sites for hydroxylation is 2. The molecule has 0 radical (unpaired) electrons. The number of anilines is 1. The second-order valence-corrected chi connectivity index (χ2v) is 12.9. The summed E-state index contributed by atoms with van der Waals surface area (Å²) in [4.78, 5) is 28.4. The first kappa shape index (κ1) is 31.6. The molecule has 0 aliphatic carbocycles. The zero-order valence-corrected chi connectivity index (χ0v) is 25.4. The molecule has 1 N–H and O–H groups in total. The van der Waals surface area contributed by atoms with Crippen LogP contribution in [0.5, 0.6) is 5.75 Å². The largest absolute Gasteiger partial charge is 0.495 e. The van der Waals surface area contributed by atoms with E-state index in [9.17, 15) is 22.4 Å². The molecule has 10 heteroatoms. The van der Waals surface area contributed by atoms with Crippen molar-refractivity contribution in [2.75, 3.05) is 18.0 Å². The Kier molecular flexibility index (Phi) is 9.81. The average Bonchev–Trinajstić information content (AvgIpc) is 2.90. The molecule has 0 unspecified atom stereocenters. The highest BCUT2D eigenvalue weighted by atomic mass is 32.2. The van der Waals surface area contributed by atoms with Gasteiger partial charge in [-0.2, -0.15) is 0 Å². The van der Waals surface area contributed by atoms with E-state index >= 15 is 0 Å². The van der Waals surface area contributed by atoms with Crippen LogP contribution in [0.15, 0.2) is 71.6 Å². The van der Waals surface area contributed by atoms with Crippen molar-refractivity contribution in [2.45, 2.75) is 64.6 Å².